The summed E-state index contributed by atoms with van der Waals surface area (Å²) in [4.78, 5) is 37.3. The summed E-state index contributed by atoms with van der Waals surface area (Å²) in [7, 11) is 2.97. The fraction of sp³-hybridized carbons (Fsp3) is 0.227. The van der Waals surface area contributed by atoms with Crippen LogP contribution in [0, 0.1) is 0 Å². The minimum atomic E-state index is -0.483. The van der Waals surface area contributed by atoms with Crippen molar-refractivity contribution in [3.05, 3.63) is 91.1 Å². The highest BCUT2D eigenvalue weighted by molar-refractivity contribution is 6.31. The average molecular weight is 426 g/mol. The predicted molar refractivity (Wildman–Crippen MR) is 114 cm³/mol. The number of ether oxygens (including phenoxy) is 1. The summed E-state index contributed by atoms with van der Waals surface area (Å²) in [6.45, 7) is 0.330. The number of fused-ring (bicyclic) bond motifs is 1. The van der Waals surface area contributed by atoms with Crippen LogP contribution in [-0.2, 0) is 25.5 Å². The molecule has 0 saturated heterocycles. The van der Waals surface area contributed by atoms with Crippen molar-refractivity contribution in [2.45, 2.75) is 18.9 Å². The van der Waals surface area contributed by atoms with Crippen LogP contribution < -0.4 is 21.3 Å². The molecule has 154 valence electrons. The van der Waals surface area contributed by atoms with Gasteiger partial charge in [-0.05, 0) is 23.8 Å². The molecule has 4 rings (SSSR count). The van der Waals surface area contributed by atoms with Gasteiger partial charge in [0.1, 0.15) is 18.2 Å². The monoisotopic (exact) mass is 425 g/mol. The largest absolute Gasteiger partial charge is 0.489 e. The Bertz CT molecular complexity index is 1240. The van der Waals surface area contributed by atoms with E-state index in [1.165, 1.54) is 18.7 Å². The maximum absolute atomic E-state index is 12.8. The van der Waals surface area contributed by atoms with Crippen molar-refractivity contribution in [3.63, 3.8) is 0 Å². The topological polar surface area (TPSA) is 82.3 Å². The molecule has 1 atom stereocenters. The fourth-order valence-corrected chi connectivity index (χ4v) is 3.85. The van der Waals surface area contributed by atoms with Gasteiger partial charge in [-0.1, -0.05) is 41.9 Å². The minimum Gasteiger partial charge on any atom is -0.489 e. The summed E-state index contributed by atoms with van der Waals surface area (Å²) in [5.74, 6) is 0.211. The second-order valence-electron chi connectivity index (χ2n) is 7.22. The van der Waals surface area contributed by atoms with Crippen LogP contribution in [0.25, 0.3) is 0 Å². The van der Waals surface area contributed by atoms with Gasteiger partial charge >= 0.3 is 5.69 Å². The summed E-state index contributed by atoms with van der Waals surface area (Å²) < 4.78 is 8.16. The molecule has 0 bridgehead atoms. The molecule has 1 aliphatic rings. The van der Waals surface area contributed by atoms with Crippen LogP contribution in [0.15, 0.2) is 58.1 Å². The number of rotatable bonds is 4. The van der Waals surface area contributed by atoms with Crippen LogP contribution in [0.3, 0.4) is 0 Å². The number of nitrogens with zero attached hydrogens (tertiary/aromatic N) is 2. The van der Waals surface area contributed by atoms with E-state index in [4.69, 9.17) is 16.3 Å². The Labute approximate surface area is 177 Å². The maximum atomic E-state index is 12.8. The van der Waals surface area contributed by atoms with Gasteiger partial charge in [0.05, 0.1) is 5.56 Å². The first-order valence-electron chi connectivity index (χ1n) is 9.42. The molecule has 0 saturated carbocycles. The maximum Gasteiger partial charge on any atom is 0.332 e. The molecule has 1 amide bonds. The average Bonchev–Trinajstić information content (AvgIpc) is 2.75. The Balaban J connectivity index is 1.64. The molecule has 8 heteroatoms. The predicted octanol–water partition coefficient (Wildman–Crippen LogP) is 2.79. The lowest BCUT2D eigenvalue weighted by molar-refractivity contribution is -0.116. The Morgan fingerprint density at radius 3 is 2.43 bits per heavy atom. The van der Waals surface area contributed by atoms with Crippen LogP contribution in [0.1, 0.15) is 29.0 Å². The van der Waals surface area contributed by atoms with Gasteiger partial charge < -0.3 is 10.1 Å². The van der Waals surface area contributed by atoms with E-state index in [1.807, 2.05) is 36.4 Å². The number of benzene rings is 2. The first kappa shape index (κ1) is 20.0. The van der Waals surface area contributed by atoms with E-state index in [1.54, 1.807) is 12.1 Å². The molecule has 1 aliphatic heterocycles. The number of halogens is 1. The number of hydrogen-bond donors (Lipinski definition) is 1. The molecule has 0 spiro atoms. The van der Waals surface area contributed by atoms with Gasteiger partial charge in [0.2, 0.25) is 5.91 Å². The molecule has 30 heavy (non-hydrogen) atoms. The van der Waals surface area contributed by atoms with Crippen LogP contribution in [0.4, 0.5) is 5.82 Å². The highest BCUT2D eigenvalue weighted by atomic mass is 35.5. The number of amides is 1. The van der Waals surface area contributed by atoms with Gasteiger partial charge in [-0.2, -0.15) is 0 Å². The first-order valence-corrected chi connectivity index (χ1v) is 9.80. The van der Waals surface area contributed by atoms with Crippen molar-refractivity contribution in [2.75, 3.05) is 5.32 Å². The third-order valence-corrected chi connectivity index (χ3v) is 5.70. The van der Waals surface area contributed by atoms with Gasteiger partial charge in [0, 0.05) is 37.0 Å². The van der Waals surface area contributed by atoms with Gasteiger partial charge in [0.15, 0.2) is 0 Å². The lowest BCUT2D eigenvalue weighted by Gasteiger charge is -2.27. The zero-order valence-electron chi connectivity index (χ0n) is 16.5. The van der Waals surface area contributed by atoms with Crippen molar-refractivity contribution in [1.29, 1.82) is 0 Å². The van der Waals surface area contributed by atoms with Crippen LogP contribution in [0.5, 0.6) is 5.75 Å². The number of nitrogens with one attached hydrogen (secondary N) is 1. The Hall–Kier alpha value is -3.32. The van der Waals surface area contributed by atoms with E-state index in [0.717, 1.165) is 15.7 Å². The third-order valence-electron chi connectivity index (χ3n) is 5.33. The van der Waals surface area contributed by atoms with E-state index in [-0.39, 0.29) is 18.1 Å². The summed E-state index contributed by atoms with van der Waals surface area (Å²) in [5, 5.41) is 3.30. The van der Waals surface area contributed by atoms with Gasteiger partial charge in [0.25, 0.3) is 5.56 Å². The summed E-state index contributed by atoms with van der Waals surface area (Å²) in [6, 6.07) is 14.7. The Morgan fingerprint density at radius 1 is 1.03 bits per heavy atom. The second-order valence-corrected chi connectivity index (χ2v) is 7.63. The molecular formula is C22H20ClN3O4. The van der Waals surface area contributed by atoms with E-state index < -0.39 is 17.2 Å². The smallest absolute Gasteiger partial charge is 0.332 e. The van der Waals surface area contributed by atoms with Gasteiger partial charge in [-0.15, -0.1) is 0 Å². The molecule has 0 radical (unpaired) electrons. The van der Waals surface area contributed by atoms with Crippen LogP contribution >= 0.6 is 11.6 Å². The molecule has 0 fully saturated rings. The van der Waals surface area contributed by atoms with Crippen LogP contribution in [0.2, 0.25) is 5.02 Å². The first-order chi connectivity index (χ1) is 14.4. The van der Waals surface area contributed by atoms with Crippen molar-refractivity contribution in [1.82, 2.24) is 9.13 Å². The number of aromatic nitrogens is 2. The van der Waals surface area contributed by atoms with E-state index in [0.29, 0.717) is 22.9 Å². The lowest BCUT2D eigenvalue weighted by Crippen LogP contribution is -2.44. The van der Waals surface area contributed by atoms with Crippen molar-refractivity contribution < 1.29 is 9.53 Å². The normalized spacial score (nSPS) is 15.4. The van der Waals surface area contributed by atoms with Crippen molar-refractivity contribution in [2.24, 2.45) is 14.1 Å². The Kier molecular flexibility index (Phi) is 5.22. The summed E-state index contributed by atoms with van der Waals surface area (Å²) >= 11 is 6.16. The molecule has 1 aromatic heterocycles. The number of hydrogen-bond acceptors (Lipinski definition) is 4. The minimum absolute atomic E-state index is 0.125. The zero-order chi connectivity index (χ0) is 21.4. The Morgan fingerprint density at radius 2 is 1.73 bits per heavy atom. The number of anilines is 1. The molecule has 0 unspecified atom stereocenters. The van der Waals surface area contributed by atoms with Gasteiger partial charge in [-0.3, -0.25) is 18.7 Å². The van der Waals surface area contributed by atoms with Gasteiger partial charge in [-0.25, -0.2) is 4.79 Å². The van der Waals surface area contributed by atoms with E-state index in [2.05, 4.69) is 5.32 Å². The fourth-order valence-electron chi connectivity index (χ4n) is 3.66. The molecule has 7 nitrogen and oxygen atoms in total. The van der Waals surface area contributed by atoms with E-state index in [9.17, 15) is 14.4 Å². The van der Waals surface area contributed by atoms with Crippen molar-refractivity contribution >= 4 is 23.3 Å². The quantitative estimate of drug-likeness (QED) is 0.696. The van der Waals surface area contributed by atoms with Crippen molar-refractivity contribution in [3.8, 4) is 5.75 Å². The molecule has 2 aromatic carbocycles. The molecule has 1 N–H and O–H groups in total. The summed E-state index contributed by atoms with van der Waals surface area (Å²) in [6.07, 6.45) is 0.125. The molecule has 2 heterocycles. The third kappa shape index (κ3) is 3.52. The highest BCUT2D eigenvalue weighted by Gasteiger charge is 2.32. The molecule has 0 aliphatic carbocycles. The number of carbonyl (C=O) groups excluding carboxylic acids is 1. The molecular weight excluding hydrogens is 406 g/mol. The highest BCUT2D eigenvalue weighted by Crippen LogP contribution is 2.34. The van der Waals surface area contributed by atoms with E-state index >= 15 is 0 Å². The number of carbonyl (C=O) groups is 1. The zero-order valence-corrected chi connectivity index (χ0v) is 17.3. The summed E-state index contributed by atoms with van der Waals surface area (Å²) in [5.41, 5.74) is 1.20. The lowest BCUT2D eigenvalue weighted by atomic mass is 9.86. The second kappa shape index (κ2) is 7.84. The standard InChI is InChI=1S/C22H20ClN3O4/c1-25-20-19(21(28)26(2)22(25)29)16(11-18(27)24-20)13-7-9-15(10-8-13)30-12-14-5-3-4-6-17(14)23/h3-10,16H,11-12H2,1-2H3,(H,24,27)/t16-/m1/s1. The molecule has 3 aromatic rings. The van der Waals surface area contributed by atoms with Crippen LogP contribution in [-0.4, -0.2) is 15.0 Å². The SMILES string of the molecule is Cn1c2c(c(=O)n(C)c1=O)[C@@H](c1ccc(OCc3ccccc3Cl)cc1)CC(=O)N2.